The minimum atomic E-state index is -4.57. The molecule has 5 rings (SSSR count). The van der Waals surface area contributed by atoms with Gasteiger partial charge in [0.1, 0.15) is 10.9 Å². The molecule has 1 unspecified atom stereocenters. The van der Waals surface area contributed by atoms with Gasteiger partial charge in [-0.1, -0.05) is 96.0 Å². The van der Waals surface area contributed by atoms with E-state index in [1.165, 1.54) is 18.2 Å². The van der Waals surface area contributed by atoms with Crippen LogP contribution in [-0.4, -0.2) is 17.7 Å². The highest BCUT2D eigenvalue weighted by atomic mass is 35.5. The topological polar surface area (TPSA) is 87.3 Å². The smallest absolute Gasteiger partial charge is 0.325 e. The number of halogens is 5. The van der Waals surface area contributed by atoms with Gasteiger partial charge in [0.25, 0.3) is 11.8 Å². The molecule has 0 aliphatic carbocycles. The largest absolute Gasteiger partial charge is 0.416 e. The van der Waals surface area contributed by atoms with E-state index < -0.39 is 34.7 Å². The summed E-state index contributed by atoms with van der Waals surface area (Å²) in [4.78, 5) is 40.8. The highest BCUT2D eigenvalue weighted by Crippen LogP contribution is 2.38. The van der Waals surface area contributed by atoms with Gasteiger partial charge >= 0.3 is 6.18 Å². The van der Waals surface area contributed by atoms with Gasteiger partial charge < -0.3 is 16.0 Å². The van der Waals surface area contributed by atoms with E-state index >= 15 is 0 Å². The molecule has 0 aliphatic heterocycles. The molecule has 49 heavy (non-hydrogen) atoms. The maximum Gasteiger partial charge on any atom is 0.416 e. The zero-order valence-electron chi connectivity index (χ0n) is 25.3. The molecular formula is C37H26Cl2F3N3O3S. The molecule has 12 heteroatoms. The van der Waals surface area contributed by atoms with Crippen LogP contribution in [0.2, 0.25) is 10.0 Å². The molecule has 0 spiro atoms. The number of thioether (sulfide) groups is 1. The van der Waals surface area contributed by atoms with Crippen molar-refractivity contribution >= 4 is 70.1 Å². The standard InChI is InChI=1S/C37H26Cl2F3N3O3S/c38-30-19-7-14-25(32(30)39)20-31(45-34(46)24-12-5-2-6-13-24)35(47)43-28-17-9-18-29(22-28)49-33(23-10-3-1-4-11-23)36(48)44-27-16-8-15-26(21-27)37(40,41)42/h1-22,33H,(H,43,47)(H,44,48)(H,45,46)/b31-20+. The molecule has 3 amide bonds. The number of hydrogen-bond acceptors (Lipinski definition) is 4. The van der Waals surface area contributed by atoms with Crippen molar-refractivity contribution < 1.29 is 27.6 Å². The molecule has 0 bridgehead atoms. The number of alkyl halides is 3. The molecule has 6 nitrogen and oxygen atoms in total. The number of rotatable bonds is 10. The number of anilines is 2. The molecule has 0 fully saturated rings. The van der Waals surface area contributed by atoms with Crippen molar-refractivity contribution in [1.29, 1.82) is 0 Å². The van der Waals surface area contributed by atoms with Crippen molar-refractivity contribution in [1.82, 2.24) is 5.32 Å². The zero-order valence-corrected chi connectivity index (χ0v) is 27.6. The maximum absolute atomic E-state index is 13.6. The summed E-state index contributed by atoms with van der Waals surface area (Å²) in [5, 5.41) is 7.61. The first-order chi connectivity index (χ1) is 23.5. The average Bonchev–Trinajstić information content (AvgIpc) is 3.09. The Labute approximate surface area is 294 Å². The first-order valence-electron chi connectivity index (χ1n) is 14.6. The summed E-state index contributed by atoms with van der Waals surface area (Å²) in [6, 6.07) is 33.1. The van der Waals surface area contributed by atoms with Gasteiger partial charge in [-0.05, 0) is 71.8 Å². The number of carbonyl (C=O) groups is 3. The second-order valence-corrected chi connectivity index (χ2v) is 12.4. The summed E-state index contributed by atoms with van der Waals surface area (Å²) in [7, 11) is 0. The lowest BCUT2D eigenvalue weighted by Crippen LogP contribution is -2.30. The van der Waals surface area contributed by atoms with Gasteiger partial charge in [0.05, 0.1) is 15.6 Å². The fraction of sp³-hybridized carbons (Fsp3) is 0.0541. The SMILES string of the molecule is O=C(Nc1cccc(SC(C(=O)Nc2cccc(C(F)(F)F)c2)c2ccccc2)c1)/C(=C\c1cccc(Cl)c1Cl)NC(=O)c1ccccc1. The van der Waals surface area contributed by atoms with Crippen LogP contribution in [0.1, 0.15) is 32.3 Å². The lowest BCUT2D eigenvalue weighted by Gasteiger charge is -2.18. The molecule has 5 aromatic rings. The first-order valence-corrected chi connectivity index (χ1v) is 16.2. The molecule has 1 atom stereocenters. The summed E-state index contributed by atoms with van der Waals surface area (Å²) >= 11 is 13.7. The fourth-order valence-corrected chi connectivity index (χ4v) is 6.04. The Morgan fingerprint density at radius 3 is 2.04 bits per heavy atom. The van der Waals surface area contributed by atoms with Crippen LogP contribution < -0.4 is 16.0 Å². The Bertz CT molecular complexity index is 2010. The van der Waals surface area contributed by atoms with Crippen molar-refractivity contribution in [3.05, 3.63) is 165 Å². The van der Waals surface area contributed by atoms with E-state index in [0.717, 1.165) is 23.9 Å². The normalized spacial score (nSPS) is 12.1. The molecule has 0 aliphatic rings. The molecule has 248 valence electrons. The summed E-state index contributed by atoms with van der Waals surface area (Å²) in [6.07, 6.45) is -3.16. The van der Waals surface area contributed by atoms with Crippen molar-refractivity contribution in [3.8, 4) is 0 Å². The summed E-state index contributed by atoms with van der Waals surface area (Å²) < 4.78 is 39.9. The lowest BCUT2D eigenvalue weighted by atomic mass is 10.1. The Kier molecular flexibility index (Phi) is 11.5. The van der Waals surface area contributed by atoms with Crippen LogP contribution in [0.15, 0.2) is 138 Å². The Morgan fingerprint density at radius 2 is 1.35 bits per heavy atom. The Morgan fingerprint density at radius 1 is 0.714 bits per heavy atom. The molecule has 0 radical (unpaired) electrons. The average molecular weight is 721 g/mol. The van der Waals surface area contributed by atoms with E-state index in [1.54, 1.807) is 103 Å². The summed E-state index contributed by atoms with van der Waals surface area (Å²) in [5.74, 6) is -1.73. The third kappa shape index (κ3) is 9.54. The van der Waals surface area contributed by atoms with E-state index in [9.17, 15) is 27.6 Å². The highest BCUT2D eigenvalue weighted by Gasteiger charge is 2.31. The van der Waals surface area contributed by atoms with Gasteiger partial charge in [-0.25, -0.2) is 0 Å². The number of nitrogens with one attached hydrogen (secondary N) is 3. The predicted molar refractivity (Wildman–Crippen MR) is 189 cm³/mol. The predicted octanol–water partition coefficient (Wildman–Crippen LogP) is 9.89. The van der Waals surface area contributed by atoms with Crippen LogP contribution in [0.3, 0.4) is 0 Å². The molecular weight excluding hydrogens is 694 g/mol. The molecule has 5 aromatic carbocycles. The quantitative estimate of drug-likeness (QED) is 0.0991. The van der Waals surface area contributed by atoms with E-state index in [2.05, 4.69) is 16.0 Å². The molecule has 0 saturated carbocycles. The minimum Gasteiger partial charge on any atom is -0.325 e. The van der Waals surface area contributed by atoms with Crippen LogP contribution in [0, 0.1) is 0 Å². The molecule has 0 heterocycles. The van der Waals surface area contributed by atoms with Gasteiger partial charge in [-0.2, -0.15) is 13.2 Å². The van der Waals surface area contributed by atoms with Crippen molar-refractivity contribution in [2.24, 2.45) is 0 Å². The van der Waals surface area contributed by atoms with Gasteiger partial charge in [0, 0.05) is 21.8 Å². The van der Waals surface area contributed by atoms with E-state index in [-0.39, 0.29) is 21.4 Å². The number of carbonyl (C=O) groups excluding carboxylic acids is 3. The number of benzene rings is 5. The fourth-order valence-electron chi connectivity index (χ4n) is 4.59. The Hall–Kier alpha value is -5.03. The van der Waals surface area contributed by atoms with E-state index in [4.69, 9.17) is 23.2 Å². The van der Waals surface area contributed by atoms with Crippen LogP contribution in [0.5, 0.6) is 0 Å². The minimum absolute atomic E-state index is 0.000886. The lowest BCUT2D eigenvalue weighted by molar-refractivity contribution is -0.137. The van der Waals surface area contributed by atoms with Crippen molar-refractivity contribution in [3.63, 3.8) is 0 Å². The van der Waals surface area contributed by atoms with Gasteiger partial charge in [0.15, 0.2) is 0 Å². The third-order valence-electron chi connectivity index (χ3n) is 6.95. The summed E-state index contributed by atoms with van der Waals surface area (Å²) in [6.45, 7) is 0. The summed E-state index contributed by atoms with van der Waals surface area (Å²) in [5.41, 5.74) is 0.679. The molecule has 3 N–H and O–H groups in total. The molecule has 0 saturated heterocycles. The van der Waals surface area contributed by atoms with Gasteiger partial charge in [-0.3, -0.25) is 14.4 Å². The monoisotopic (exact) mass is 719 g/mol. The third-order valence-corrected chi connectivity index (χ3v) is 9.04. The van der Waals surface area contributed by atoms with Crippen LogP contribution in [-0.2, 0) is 15.8 Å². The van der Waals surface area contributed by atoms with Crippen LogP contribution in [0.25, 0.3) is 6.08 Å². The van der Waals surface area contributed by atoms with Crippen LogP contribution in [0.4, 0.5) is 24.5 Å². The second-order valence-electron chi connectivity index (χ2n) is 10.5. The maximum atomic E-state index is 13.6. The van der Waals surface area contributed by atoms with E-state index in [0.29, 0.717) is 27.3 Å². The first kappa shape index (κ1) is 35.3. The number of amides is 3. The number of hydrogen-bond donors (Lipinski definition) is 3. The van der Waals surface area contributed by atoms with E-state index in [1.807, 2.05) is 0 Å². The Balaban J connectivity index is 1.39. The zero-order chi connectivity index (χ0) is 35.0. The van der Waals surface area contributed by atoms with Crippen LogP contribution >= 0.6 is 35.0 Å². The molecule has 0 aromatic heterocycles. The second kappa shape index (κ2) is 15.9. The van der Waals surface area contributed by atoms with Crippen molar-refractivity contribution in [2.75, 3.05) is 10.6 Å². The highest BCUT2D eigenvalue weighted by molar-refractivity contribution is 8.00. The van der Waals surface area contributed by atoms with Gasteiger partial charge in [-0.15, -0.1) is 11.8 Å². The van der Waals surface area contributed by atoms with Gasteiger partial charge in [0.2, 0.25) is 5.91 Å². The van der Waals surface area contributed by atoms with Crippen molar-refractivity contribution in [2.45, 2.75) is 16.3 Å².